The van der Waals surface area contributed by atoms with Crippen LogP contribution >= 0.6 is 23.4 Å². The van der Waals surface area contributed by atoms with Gasteiger partial charge < -0.3 is 11.2 Å². The molecule has 0 fully saturated rings. The lowest BCUT2D eigenvalue weighted by molar-refractivity contribution is -0.113. The fourth-order valence-corrected chi connectivity index (χ4v) is 2.37. The van der Waals surface area contributed by atoms with Crippen molar-refractivity contribution in [3.05, 3.63) is 34.6 Å². The Balaban J connectivity index is 1.96. The molecule has 0 bridgehead atoms. The second-order valence-electron chi connectivity index (χ2n) is 4.20. The maximum absolute atomic E-state index is 11.9. The highest BCUT2D eigenvalue weighted by molar-refractivity contribution is 7.99. The highest BCUT2D eigenvalue weighted by Gasteiger charge is 2.10. The van der Waals surface area contributed by atoms with E-state index < -0.39 is 0 Å². The molecule has 0 aliphatic heterocycles. The molecule has 106 valence electrons. The zero-order valence-corrected chi connectivity index (χ0v) is 12.6. The van der Waals surface area contributed by atoms with E-state index in [1.807, 2.05) is 13.0 Å². The number of halogens is 1. The van der Waals surface area contributed by atoms with Crippen molar-refractivity contribution in [3.63, 3.8) is 0 Å². The van der Waals surface area contributed by atoms with Gasteiger partial charge >= 0.3 is 0 Å². The summed E-state index contributed by atoms with van der Waals surface area (Å²) in [6.07, 6.45) is 0. The summed E-state index contributed by atoms with van der Waals surface area (Å²) in [6.45, 7) is 3.64. The van der Waals surface area contributed by atoms with E-state index in [1.54, 1.807) is 19.1 Å². The Morgan fingerprint density at radius 1 is 1.45 bits per heavy atom. The van der Waals surface area contributed by atoms with Crippen molar-refractivity contribution >= 4 is 35.0 Å². The monoisotopic (exact) mass is 311 g/mol. The number of rotatable bonds is 4. The predicted molar refractivity (Wildman–Crippen MR) is 80.5 cm³/mol. The van der Waals surface area contributed by atoms with Crippen LogP contribution in [0.1, 0.15) is 11.4 Å². The molecular weight excluding hydrogens is 298 g/mol. The van der Waals surface area contributed by atoms with Crippen LogP contribution in [0.5, 0.6) is 0 Å². The van der Waals surface area contributed by atoms with Crippen molar-refractivity contribution in [2.45, 2.75) is 19.0 Å². The molecule has 1 aromatic heterocycles. The van der Waals surface area contributed by atoms with Crippen LogP contribution in [-0.2, 0) is 4.79 Å². The summed E-state index contributed by atoms with van der Waals surface area (Å²) in [6, 6.07) is 5.35. The number of benzene rings is 1. The lowest BCUT2D eigenvalue weighted by atomic mass is 10.2. The molecule has 6 nitrogen and oxygen atoms in total. The van der Waals surface area contributed by atoms with Gasteiger partial charge in [-0.2, -0.15) is 0 Å². The molecule has 0 saturated carbocycles. The summed E-state index contributed by atoms with van der Waals surface area (Å²) < 4.78 is 1.35. The van der Waals surface area contributed by atoms with Crippen molar-refractivity contribution in [1.29, 1.82) is 0 Å². The topological polar surface area (TPSA) is 85.8 Å². The first-order valence-electron chi connectivity index (χ1n) is 5.83. The van der Waals surface area contributed by atoms with E-state index in [2.05, 4.69) is 15.5 Å². The van der Waals surface area contributed by atoms with Crippen molar-refractivity contribution in [3.8, 4) is 0 Å². The highest BCUT2D eigenvalue weighted by Crippen LogP contribution is 2.21. The van der Waals surface area contributed by atoms with Gasteiger partial charge in [0.15, 0.2) is 0 Å². The number of thioether (sulfide) groups is 1. The number of nitrogens with one attached hydrogen (secondary N) is 1. The maximum atomic E-state index is 11.9. The Labute approximate surface area is 125 Å². The summed E-state index contributed by atoms with van der Waals surface area (Å²) in [7, 11) is 0. The fourth-order valence-electron chi connectivity index (χ4n) is 1.49. The average Bonchev–Trinajstić information content (AvgIpc) is 2.72. The van der Waals surface area contributed by atoms with Gasteiger partial charge in [-0.05, 0) is 31.5 Å². The second-order valence-corrected chi connectivity index (χ2v) is 5.57. The number of nitrogens with zero attached hydrogens (tertiary/aromatic N) is 3. The minimum Gasteiger partial charge on any atom is -0.336 e. The lowest BCUT2D eigenvalue weighted by Crippen LogP contribution is -2.17. The summed E-state index contributed by atoms with van der Waals surface area (Å²) in [4.78, 5) is 11.9. The number of hydrogen-bond acceptors (Lipinski definition) is 5. The quantitative estimate of drug-likeness (QED) is 0.666. The third-order valence-electron chi connectivity index (χ3n) is 2.64. The molecule has 0 spiro atoms. The van der Waals surface area contributed by atoms with E-state index in [0.717, 1.165) is 5.56 Å². The molecule has 0 radical (unpaired) electrons. The zero-order chi connectivity index (χ0) is 14.7. The van der Waals surface area contributed by atoms with E-state index in [4.69, 9.17) is 17.4 Å². The molecule has 2 aromatic rings. The number of nitrogen functional groups attached to an aromatic ring is 1. The summed E-state index contributed by atoms with van der Waals surface area (Å²) in [5.74, 6) is 6.35. The van der Waals surface area contributed by atoms with Gasteiger partial charge in [-0.15, -0.1) is 10.2 Å². The standard InChI is InChI=1S/C12H14ClN5OS/c1-7-3-4-9(13)5-10(7)15-11(19)6-20-12-17-16-8(2)18(12)14/h3-5H,6,14H2,1-2H3,(H,15,19). The molecule has 8 heteroatoms. The van der Waals surface area contributed by atoms with Gasteiger partial charge in [0.1, 0.15) is 5.82 Å². The second kappa shape index (κ2) is 6.15. The SMILES string of the molecule is Cc1ccc(Cl)cc1NC(=O)CSc1nnc(C)n1N. The first kappa shape index (κ1) is 14.7. The van der Waals surface area contributed by atoms with Gasteiger partial charge in [0, 0.05) is 10.7 Å². The Hall–Kier alpha value is -1.73. The first-order valence-corrected chi connectivity index (χ1v) is 7.19. The Kier molecular flexibility index (Phi) is 4.51. The van der Waals surface area contributed by atoms with Crippen LogP contribution < -0.4 is 11.2 Å². The van der Waals surface area contributed by atoms with E-state index in [1.165, 1.54) is 16.4 Å². The fraction of sp³-hybridized carbons (Fsp3) is 0.250. The molecule has 0 saturated heterocycles. The molecule has 0 aliphatic carbocycles. The highest BCUT2D eigenvalue weighted by atomic mass is 35.5. The number of anilines is 1. The van der Waals surface area contributed by atoms with Gasteiger partial charge in [-0.25, -0.2) is 4.68 Å². The number of amides is 1. The van der Waals surface area contributed by atoms with Gasteiger partial charge in [0.25, 0.3) is 0 Å². The van der Waals surface area contributed by atoms with Gasteiger partial charge in [0.05, 0.1) is 5.75 Å². The van der Waals surface area contributed by atoms with E-state index >= 15 is 0 Å². The maximum Gasteiger partial charge on any atom is 0.234 e. The van der Waals surface area contributed by atoms with Crippen LogP contribution in [0.4, 0.5) is 5.69 Å². The molecule has 1 aromatic carbocycles. The lowest BCUT2D eigenvalue weighted by Gasteiger charge is -2.08. The van der Waals surface area contributed by atoms with Crippen LogP contribution in [0.3, 0.4) is 0 Å². The third-order valence-corrected chi connectivity index (χ3v) is 3.82. The number of aryl methyl sites for hydroxylation is 2. The van der Waals surface area contributed by atoms with Gasteiger partial charge in [-0.3, -0.25) is 4.79 Å². The zero-order valence-electron chi connectivity index (χ0n) is 11.1. The largest absolute Gasteiger partial charge is 0.336 e. The molecular formula is C12H14ClN5OS. The van der Waals surface area contributed by atoms with Crippen LogP contribution in [0.2, 0.25) is 5.02 Å². The number of aromatic nitrogens is 3. The Morgan fingerprint density at radius 2 is 2.20 bits per heavy atom. The average molecular weight is 312 g/mol. The molecule has 1 heterocycles. The minimum absolute atomic E-state index is 0.152. The van der Waals surface area contributed by atoms with Crippen LogP contribution in [0.15, 0.2) is 23.4 Å². The van der Waals surface area contributed by atoms with Crippen molar-refractivity contribution in [2.24, 2.45) is 0 Å². The molecule has 0 atom stereocenters. The predicted octanol–water partition coefficient (Wildman–Crippen LogP) is 1.99. The first-order chi connectivity index (χ1) is 9.47. The van der Waals surface area contributed by atoms with Crippen molar-refractivity contribution in [2.75, 3.05) is 16.9 Å². The number of hydrogen-bond donors (Lipinski definition) is 2. The van der Waals surface area contributed by atoms with Crippen molar-refractivity contribution in [1.82, 2.24) is 14.9 Å². The van der Waals surface area contributed by atoms with Gasteiger partial charge in [0.2, 0.25) is 11.1 Å². The third kappa shape index (κ3) is 3.43. The summed E-state index contributed by atoms with van der Waals surface area (Å²) in [5.41, 5.74) is 1.65. The molecule has 2 rings (SSSR count). The van der Waals surface area contributed by atoms with Crippen molar-refractivity contribution < 1.29 is 4.79 Å². The van der Waals surface area contributed by atoms with E-state index in [-0.39, 0.29) is 11.7 Å². The Bertz CT molecular complexity index is 643. The van der Waals surface area contributed by atoms with E-state index in [9.17, 15) is 4.79 Å². The molecule has 20 heavy (non-hydrogen) atoms. The number of carbonyl (C=O) groups excluding carboxylic acids is 1. The van der Waals surface area contributed by atoms with Crippen LogP contribution in [0.25, 0.3) is 0 Å². The molecule has 0 aliphatic rings. The Morgan fingerprint density at radius 3 is 2.85 bits per heavy atom. The van der Waals surface area contributed by atoms with Gasteiger partial charge in [-0.1, -0.05) is 29.4 Å². The smallest absolute Gasteiger partial charge is 0.234 e. The summed E-state index contributed by atoms with van der Waals surface area (Å²) >= 11 is 7.13. The molecule has 0 unspecified atom stereocenters. The molecule has 3 N–H and O–H groups in total. The minimum atomic E-state index is -0.152. The molecule has 1 amide bonds. The van der Waals surface area contributed by atoms with Crippen LogP contribution in [0, 0.1) is 13.8 Å². The summed E-state index contributed by atoms with van der Waals surface area (Å²) in [5, 5.41) is 11.6. The number of nitrogens with two attached hydrogens (primary N) is 1. The van der Waals surface area contributed by atoms with E-state index in [0.29, 0.717) is 21.7 Å². The van der Waals surface area contributed by atoms with Crippen LogP contribution in [-0.4, -0.2) is 26.5 Å². The normalized spacial score (nSPS) is 10.6. The number of carbonyl (C=O) groups is 1.